The minimum absolute atomic E-state index is 0.00335. The molecule has 170 valence electrons. The Morgan fingerprint density at radius 3 is 2.24 bits per heavy atom. The van der Waals surface area contributed by atoms with Gasteiger partial charge >= 0.3 is 12.1 Å². The molecule has 2 N–H and O–H groups in total. The first-order chi connectivity index (χ1) is 16.6. The summed E-state index contributed by atoms with van der Waals surface area (Å²) in [6, 6.07) is 21.8. The highest BCUT2D eigenvalue weighted by atomic mass is 16.6. The third kappa shape index (κ3) is 3.71. The lowest BCUT2D eigenvalue weighted by Gasteiger charge is -2.23. The Kier molecular flexibility index (Phi) is 5.59. The number of carboxylic acids is 1. The summed E-state index contributed by atoms with van der Waals surface area (Å²) in [5.41, 5.74) is 5.76. The lowest BCUT2D eigenvalue weighted by molar-refractivity contribution is -0.145. The van der Waals surface area contributed by atoms with Crippen molar-refractivity contribution >= 4 is 29.4 Å². The normalized spacial score (nSPS) is 13.2. The van der Waals surface area contributed by atoms with Crippen LogP contribution in [0.25, 0.3) is 22.0 Å². The van der Waals surface area contributed by atoms with Crippen LogP contribution in [-0.2, 0) is 20.7 Å². The zero-order valence-electron chi connectivity index (χ0n) is 18.2. The zero-order chi connectivity index (χ0) is 23.7. The third-order valence-corrected chi connectivity index (χ3v) is 6.37. The Hall–Kier alpha value is -4.39. The monoisotopic (exact) mass is 454 g/mol. The molecular weight excluding hydrogens is 432 g/mol. The van der Waals surface area contributed by atoms with Crippen molar-refractivity contribution in [2.45, 2.75) is 18.4 Å². The van der Waals surface area contributed by atoms with E-state index in [1.807, 2.05) is 72.8 Å². The quantitative estimate of drug-likeness (QED) is 0.399. The van der Waals surface area contributed by atoms with Crippen molar-refractivity contribution in [3.05, 3.63) is 95.7 Å². The maximum atomic E-state index is 12.9. The molecule has 7 nitrogen and oxygen atoms in total. The summed E-state index contributed by atoms with van der Waals surface area (Å²) < 4.78 is 5.52. The fourth-order valence-electron chi connectivity index (χ4n) is 4.73. The summed E-state index contributed by atoms with van der Waals surface area (Å²) in [6.07, 6.45) is 0.903. The first-order valence-corrected chi connectivity index (χ1v) is 10.9. The Balaban J connectivity index is 1.35. The van der Waals surface area contributed by atoms with Crippen molar-refractivity contribution in [1.29, 1.82) is 0 Å². The van der Waals surface area contributed by atoms with Crippen LogP contribution in [0.5, 0.6) is 0 Å². The summed E-state index contributed by atoms with van der Waals surface area (Å²) in [5, 5.41) is 10.7. The molecule has 3 aromatic carbocycles. The number of amides is 2. The molecule has 0 aliphatic heterocycles. The van der Waals surface area contributed by atoms with Crippen LogP contribution in [-0.4, -0.2) is 46.1 Å². The molecule has 34 heavy (non-hydrogen) atoms. The van der Waals surface area contributed by atoms with E-state index < -0.39 is 18.1 Å². The van der Waals surface area contributed by atoms with Crippen LogP contribution in [0.4, 0.5) is 4.79 Å². The topological polar surface area (TPSA) is 99.7 Å². The van der Waals surface area contributed by atoms with Gasteiger partial charge in [0, 0.05) is 29.4 Å². The van der Waals surface area contributed by atoms with E-state index in [1.54, 1.807) is 6.20 Å². The van der Waals surface area contributed by atoms with Gasteiger partial charge in [-0.3, -0.25) is 4.79 Å². The van der Waals surface area contributed by atoms with Crippen LogP contribution < -0.4 is 0 Å². The van der Waals surface area contributed by atoms with Crippen LogP contribution in [0, 0.1) is 0 Å². The predicted octanol–water partition coefficient (Wildman–Crippen LogP) is 4.57. The maximum Gasteiger partial charge on any atom is 0.417 e. The summed E-state index contributed by atoms with van der Waals surface area (Å²) in [6.45, 7) is -0.00335. The van der Waals surface area contributed by atoms with E-state index in [-0.39, 0.29) is 25.4 Å². The number of fused-ring (bicyclic) bond motifs is 4. The molecule has 1 aliphatic carbocycles. The Bertz CT molecular complexity index is 1350. The van der Waals surface area contributed by atoms with Crippen molar-refractivity contribution < 1.29 is 24.2 Å². The first kappa shape index (κ1) is 21.5. The fraction of sp³-hybridized carbons (Fsp3) is 0.148. The van der Waals surface area contributed by atoms with E-state index >= 15 is 0 Å². The van der Waals surface area contributed by atoms with Gasteiger partial charge in [0.05, 0.1) is 0 Å². The summed E-state index contributed by atoms with van der Waals surface area (Å²) in [7, 11) is 0. The van der Waals surface area contributed by atoms with Gasteiger partial charge in [0.2, 0.25) is 6.41 Å². The number of imide groups is 1. The highest BCUT2D eigenvalue weighted by Crippen LogP contribution is 2.44. The van der Waals surface area contributed by atoms with Gasteiger partial charge < -0.3 is 14.8 Å². The van der Waals surface area contributed by atoms with E-state index in [4.69, 9.17) is 4.74 Å². The highest BCUT2D eigenvalue weighted by Gasteiger charge is 2.34. The zero-order valence-corrected chi connectivity index (χ0v) is 18.2. The number of H-pyrrole nitrogens is 1. The van der Waals surface area contributed by atoms with Crippen molar-refractivity contribution in [3.63, 3.8) is 0 Å². The van der Waals surface area contributed by atoms with Crippen LogP contribution >= 0.6 is 0 Å². The number of carbonyl (C=O) groups excluding carboxylic acids is 2. The third-order valence-electron chi connectivity index (χ3n) is 6.37. The van der Waals surface area contributed by atoms with E-state index in [1.165, 1.54) is 0 Å². The second-order valence-electron chi connectivity index (χ2n) is 8.23. The SMILES string of the molecule is O=CN(C(=O)OCC1c2ccccc2-c2ccccc21)[C@@H](Cc1c[nH]c2ccccc12)C(=O)O. The Morgan fingerprint density at radius 2 is 1.59 bits per heavy atom. The van der Waals surface area contributed by atoms with Crippen LogP contribution in [0.2, 0.25) is 0 Å². The molecule has 0 bridgehead atoms. The number of rotatable bonds is 7. The average molecular weight is 454 g/mol. The number of hydrogen-bond acceptors (Lipinski definition) is 4. The van der Waals surface area contributed by atoms with Gasteiger partial charge in [0.15, 0.2) is 0 Å². The minimum atomic E-state index is -1.40. The van der Waals surface area contributed by atoms with Gasteiger partial charge in [0.25, 0.3) is 0 Å². The molecule has 7 heteroatoms. The number of para-hydroxylation sites is 1. The van der Waals surface area contributed by atoms with Gasteiger partial charge in [-0.25, -0.2) is 14.5 Å². The largest absolute Gasteiger partial charge is 0.480 e. The number of aromatic amines is 1. The molecule has 0 saturated carbocycles. The van der Waals surface area contributed by atoms with E-state index in [9.17, 15) is 19.5 Å². The molecule has 1 aromatic heterocycles. The Morgan fingerprint density at radius 1 is 0.971 bits per heavy atom. The van der Waals surface area contributed by atoms with Crippen LogP contribution in [0.3, 0.4) is 0 Å². The molecule has 1 atom stereocenters. The number of ether oxygens (including phenoxy) is 1. The number of nitrogens with zero attached hydrogens (tertiary/aromatic N) is 1. The number of carboxylic acid groups (broad SMARTS) is 1. The molecule has 1 aliphatic rings. The number of nitrogens with one attached hydrogen (secondary N) is 1. The number of carbonyl (C=O) groups is 3. The first-order valence-electron chi connectivity index (χ1n) is 10.9. The lowest BCUT2D eigenvalue weighted by atomic mass is 9.98. The van der Waals surface area contributed by atoms with Gasteiger partial charge in [-0.05, 0) is 33.9 Å². The summed E-state index contributed by atoms with van der Waals surface area (Å²) in [5.74, 6) is -1.48. The number of hydrogen-bond donors (Lipinski definition) is 2. The molecule has 0 radical (unpaired) electrons. The molecule has 4 aromatic rings. The molecule has 0 fully saturated rings. The fourth-order valence-corrected chi connectivity index (χ4v) is 4.73. The molecule has 0 spiro atoms. The van der Waals surface area contributed by atoms with Crippen molar-refractivity contribution in [3.8, 4) is 11.1 Å². The Labute approximate surface area is 195 Å². The second kappa shape index (κ2) is 8.86. The van der Waals surface area contributed by atoms with Crippen molar-refractivity contribution in [2.75, 3.05) is 6.61 Å². The second-order valence-corrected chi connectivity index (χ2v) is 8.23. The van der Waals surface area contributed by atoms with Gasteiger partial charge in [-0.15, -0.1) is 0 Å². The smallest absolute Gasteiger partial charge is 0.417 e. The molecule has 0 saturated heterocycles. The molecule has 5 rings (SSSR count). The van der Waals surface area contributed by atoms with Crippen molar-refractivity contribution in [1.82, 2.24) is 9.88 Å². The van der Waals surface area contributed by atoms with E-state index in [2.05, 4.69) is 4.98 Å². The van der Waals surface area contributed by atoms with Crippen LogP contribution in [0.15, 0.2) is 79.0 Å². The molecule has 0 unspecified atom stereocenters. The standard InChI is InChI=1S/C27H22N2O5/c30-16-29(25(26(31)32)13-17-14-28-24-12-6-5-7-18(17)24)27(33)34-15-23-21-10-3-1-8-19(21)20-9-2-4-11-22(20)23/h1-12,14,16,23,25,28H,13,15H2,(H,31,32)/t25-/m0/s1. The number of benzene rings is 3. The van der Waals surface area contributed by atoms with Gasteiger partial charge in [0.1, 0.15) is 12.6 Å². The van der Waals surface area contributed by atoms with E-state index in [0.717, 1.165) is 33.2 Å². The van der Waals surface area contributed by atoms with Crippen molar-refractivity contribution in [2.24, 2.45) is 0 Å². The minimum Gasteiger partial charge on any atom is -0.480 e. The number of aromatic nitrogens is 1. The molecular formula is C27H22N2O5. The van der Waals surface area contributed by atoms with Crippen LogP contribution in [0.1, 0.15) is 22.6 Å². The lowest BCUT2D eigenvalue weighted by Crippen LogP contribution is -2.46. The molecule has 2 amide bonds. The maximum absolute atomic E-state index is 12.9. The van der Waals surface area contributed by atoms with E-state index in [0.29, 0.717) is 10.5 Å². The van der Waals surface area contributed by atoms with Gasteiger partial charge in [-0.1, -0.05) is 66.7 Å². The predicted molar refractivity (Wildman–Crippen MR) is 126 cm³/mol. The summed E-state index contributed by atoms with van der Waals surface area (Å²) >= 11 is 0. The summed E-state index contributed by atoms with van der Waals surface area (Å²) in [4.78, 5) is 40.5. The van der Waals surface area contributed by atoms with Gasteiger partial charge in [-0.2, -0.15) is 0 Å². The highest BCUT2D eigenvalue weighted by molar-refractivity contribution is 5.90. The molecule has 1 heterocycles. The average Bonchev–Trinajstić information content (AvgIpc) is 3.41. The number of aliphatic carboxylic acids is 1.